The molecule has 0 saturated heterocycles. The minimum absolute atomic E-state index is 1.36. The number of pyridine rings is 1. The van der Waals surface area contributed by atoms with E-state index in [1.807, 2.05) is 18.2 Å². The van der Waals surface area contributed by atoms with Gasteiger partial charge in [0.05, 0.1) is 0 Å². The molecule has 0 amide bonds. The zero-order valence-corrected chi connectivity index (χ0v) is 11.3. The van der Waals surface area contributed by atoms with Gasteiger partial charge in [0.1, 0.15) is 12.5 Å². The molecule has 0 bridgehead atoms. The standard InChI is InChI=1S/C6H14.C5H5N.C4H4O2/c1-3-5-6-4-2;2*1-2-4-6-5-3-1/h3-6H2,1-2H3;1-5H;1-4H. The van der Waals surface area contributed by atoms with Crippen LogP contribution < -0.4 is 0 Å². The predicted molar refractivity (Wildman–Crippen MR) is 74.5 cm³/mol. The van der Waals surface area contributed by atoms with Crippen molar-refractivity contribution in [2.75, 3.05) is 0 Å². The van der Waals surface area contributed by atoms with Crippen LogP contribution in [0.15, 0.2) is 55.3 Å². The Morgan fingerprint density at radius 2 is 1.28 bits per heavy atom. The molecule has 0 N–H and O–H groups in total. The van der Waals surface area contributed by atoms with Crippen LogP contribution in [0.4, 0.5) is 0 Å². The van der Waals surface area contributed by atoms with Gasteiger partial charge >= 0.3 is 0 Å². The molecule has 0 unspecified atom stereocenters. The van der Waals surface area contributed by atoms with E-state index in [-0.39, 0.29) is 0 Å². The Morgan fingerprint density at radius 3 is 1.44 bits per heavy atom. The zero-order valence-electron chi connectivity index (χ0n) is 11.3. The molecule has 0 fully saturated rings. The summed E-state index contributed by atoms with van der Waals surface area (Å²) in [6.45, 7) is 4.46. The quantitative estimate of drug-likeness (QED) is 0.577. The van der Waals surface area contributed by atoms with Gasteiger partial charge in [-0.3, -0.25) is 14.8 Å². The van der Waals surface area contributed by atoms with E-state index in [1.54, 1.807) is 24.5 Å². The molecule has 1 aliphatic heterocycles. The first-order valence-corrected chi connectivity index (χ1v) is 6.40. The average Bonchev–Trinajstić information content (AvgIpc) is 2.50. The summed E-state index contributed by atoms with van der Waals surface area (Å²) in [5.74, 6) is 0. The third kappa shape index (κ3) is 14.2. The van der Waals surface area contributed by atoms with Crippen molar-refractivity contribution in [2.24, 2.45) is 0 Å². The lowest BCUT2D eigenvalue weighted by molar-refractivity contribution is -0.198. The summed E-state index contributed by atoms with van der Waals surface area (Å²) in [4.78, 5) is 12.4. The fraction of sp³-hybridized carbons (Fsp3) is 0.400. The molecule has 0 atom stereocenters. The Bertz CT molecular complexity index is 254. The molecule has 0 radical (unpaired) electrons. The van der Waals surface area contributed by atoms with Crippen LogP contribution in [0.1, 0.15) is 39.5 Å². The summed E-state index contributed by atoms with van der Waals surface area (Å²) in [6, 6.07) is 5.72. The third-order valence-electron chi connectivity index (χ3n) is 1.96. The molecule has 0 aromatic carbocycles. The second-order valence-electron chi connectivity index (χ2n) is 3.58. The normalized spacial score (nSPS) is 11.0. The SMILES string of the molecule is C1=COOC=C1.CCCCCC.c1ccncc1. The zero-order chi connectivity index (χ0) is 13.3. The number of hydrogen-bond donors (Lipinski definition) is 0. The van der Waals surface area contributed by atoms with E-state index in [0.29, 0.717) is 0 Å². The van der Waals surface area contributed by atoms with Gasteiger partial charge in [-0.2, -0.15) is 0 Å². The van der Waals surface area contributed by atoms with Crippen LogP contribution in [-0.4, -0.2) is 4.98 Å². The Morgan fingerprint density at radius 1 is 0.778 bits per heavy atom. The van der Waals surface area contributed by atoms with Gasteiger partial charge in [0.2, 0.25) is 0 Å². The number of unbranched alkanes of at least 4 members (excludes halogenated alkanes) is 3. The molecule has 2 heterocycles. The Labute approximate surface area is 110 Å². The fourth-order valence-corrected chi connectivity index (χ4v) is 1.03. The molecule has 2 rings (SSSR count). The summed E-state index contributed by atoms with van der Waals surface area (Å²) >= 11 is 0. The van der Waals surface area contributed by atoms with Crippen molar-refractivity contribution < 1.29 is 9.78 Å². The lowest BCUT2D eigenvalue weighted by Crippen LogP contribution is -1.78. The monoisotopic (exact) mass is 249 g/mol. The van der Waals surface area contributed by atoms with Crippen LogP contribution in [-0.2, 0) is 9.78 Å². The minimum atomic E-state index is 1.36. The molecule has 0 spiro atoms. The molecule has 1 aliphatic rings. The molecule has 100 valence electrons. The van der Waals surface area contributed by atoms with Crippen molar-refractivity contribution in [1.82, 2.24) is 4.98 Å². The average molecular weight is 249 g/mol. The van der Waals surface area contributed by atoms with E-state index < -0.39 is 0 Å². The summed E-state index contributed by atoms with van der Waals surface area (Å²) in [5, 5.41) is 0. The molecule has 1 aromatic rings. The fourth-order valence-electron chi connectivity index (χ4n) is 1.03. The van der Waals surface area contributed by atoms with E-state index in [1.165, 1.54) is 38.2 Å². The number of aromatic nitrogens is 1. The second kappa shape index (κ2) is 15.2. The van der Waals surface area contributed by atoms with E-state index in [9.17, 15) is 0 Å². The highest BCUT2D eigenvalue weighted by atomic mass is 17.2. The van der Waals surface area contributed by atoms with E-state index in [2.05, 4.69) is 28.6 Å². The van der Waals surface area contributed by atoms with Gasteiger partial charge in [-0.15, -0.1) is 0 Å². The van der Waals surface area contributed by atoms with E-state index >= 15 is 0 Å². The first kappa shape index (κ1) is 16.2. The van der Waals surface area contributed by atoms with Crippen LogP contribution in [0, 0.1) is 0 Å². The number of allylic oxidation sites excluding steroid dienone is 2. The highest BCUT2D eigenvalue weighted by Crippen LogP contribution is 1.95. The maximum atomic E-state index is 4.30. The van der Waals surface area contributed by atoms with Gasteiger partial charge in [0.25, 0.3) is 0 Å². The van der Waals surface area contributed by atoms with Crippen LogP contribution in [0.25, 0.3) is 0 Å². The van der Waals surface area contributed by atoms with Gasteiger partial charge in [-0.25, -0.2) is 0 Å². The lowest BCUT2D eigenvalue weighted by Gasteiger charge is -1.94. The summed E-state index contributed by atoms with van der Waals surface area (Å²) in [6.07, 6.45) is 15.4. The number of rotatable bonds is 3. The molecule has 0 saturated carbocycles. The van der Waals surface area contributed by atoms with Crippen LogP contribution >= 0.6 is 0 Å². The van der Waals surface area contributed by atoms with Gasteiger partial charge in [-0.05, 0) is 24.3 Å². The Balaban J connectivity index is 0.000000241. The minimum Gasteiger partial charge on any atom is -0.299 e. The highest BCUT2D eigenvalue weighted by molar-refractivity contribution is 4.97. The Hall–Kier alpha value is -1.77. The van der Waals surface area contributed by atoms with Gasteiger partial charge in [0, 0.05) is 12.4 Å². The van der Waals surface area contributed by atoms with E-state index in [0.717, 1.165) is 0 Å². The van der Waals surface area contributed by atoms with Crippen LogP contribution in [0.3, 0.4) is 0 Å². The summed E-state index contributed by atoms with van der Waals surface area (Å²) < 4.78 is 0. The van der Waals surface area contributed by atoms with Crippen molar-refractivity contribution in [3.8, 4) is 0 Å². The van der Waals surface area contributed by atoms with Gasteiger partial charge < -0.3 is 0 Å². The third-order valence-corrected chi connectivity index (χ3v) is 1.96. The first-order chi connectivity index (χ1) is 8.91. The molecule has 0 aliphatic carbocycles. The second-order valence-corrected chi connectivity index (χ2v) is 3.58. The van der Waals surface area contributed by atoms with E-state index in [4.69, 9.17) is 0 Å². The maximum absolute atomic E-state index is 4.30. The van der Waals surface area contributed by atoms with Crippen molar-refractivity contribution in [3.05, 3.63) is 55.3 Å². The summed E-state index contributed by atoms with van der Waals surface area (Å²) in [7, 11) is 0. The largest absolute Gasteiger partial charge is 0.299 e. The first-order valence-electron chi connectivity index (χ1n) is 6.40. The topological polar surface area (TPSA) is 31.4 Å². The predicted octanol–water partition coefficient (Wildman–Crippen LogP) is 4.64. The van der Waals surface area contributed by atoms with Crippen molar-refractivity contribution in [3.63, 3.8) is 0 Å². The van der Waals surface area contributed by atoms with Gasteiger partial charge in [-0.1, -0.05) is 45.6 Å². The smallest absolute Gasteiger partial charge is 0.142 e. The van der Waals surface area contributed by atoms with Crippen molar-refractivity contribution >= 4 is 0 Å². The molecular formula is C15H23NO2. The van der Waals surface area contributed by atoms with Crippen molar-refractivity contribution in [2.45, 2.75) is 39.5 Å². The number of nitrogens with zero attached hydrogens (tertiary/aromatic N) is 1. The van der Waals surface area contributed by atoms with Gasteiger partial charge in [0.15, 0.2) is 0 Å². The van der Waals surface area contributed by atoms with Crippen LogP contribution in [0.5, 0.6) is 0 Å². The summed E-state index contributed by atoms with van der Waals surface area (Å²) in [5.41, 5.74) is 0. The molecule has 18 heavy (non-hydrogen) atoms. The Kier molecular flexibility index (Phi) is 13.7. The highest BCUT2D eigenvalue weighted by Gasteiger charge is 1.76. The maximum Gasteiger partial charge on any atom is 0.142 e. The molecule has 1 aromatic heterocycles. The van der Waals surface area contributed by atoms with Crippen LogP contribution in [0.2, 0.25) is 0 Å². The molecular weight excluding hydrogens is 226 g/mol. The molecule has 3 heteroatoms. The molecule has 3 nitrogen and oxygen atoms in total. The van der Waals surface area contributed by atoms with Crippen molar-refractivity contribution in [1.29, 1.82) is 0 Å². The lowest BCUT2D eigenvalue weighted by atomic mass is 10.2. The number of hydrogen-bond acceptors (Lipinski definition) is 3.